The van der Waals surface area contributed by atoms with Crippen molar-refractivity contribution in [2.45, 2.75) is 5.33 Å². The van der Waals surface area contributed by atoms with Gasteiger partial charge in [-0.2, -0.15) is 0 Å². The molecule has 0 amide bonds. The molecular formula is C9H7BrO3. The van der Waals surface area contributed by atoms with Gasteiger partial charge in [-0.3, -0.25) is 4.79 Å². The summed E-state index contributed by atoms with van der Waals surface area (Å²) in [5.74, 6) is -2.30. The Morgan fingerprint density at radius 3 is 2.15 bits per heavy atom. The van der Waals surface area contributed by atoms with E-state index < -0.39 is 11.8 Å². The summed E-state index contributed by atoms with van der Waals surface area (Å²) < 4.78 is 0. The molecule has 0 aliphatic rings. The lowest BCUT2D eigenvalue weighted by molar-refractivity contribution is -0.131. The summed E-state index contributed by atoms with van der Waals surface area (Å²) in [5.41, 5.74) is 1.21. The van der Waals surface area contributed by atoms with Crippen LogP contribution < -0.4 is 0 Å². The Bertz CT molecular complexity index is 329. The van der Waals surface area contributed by atoms with Crippen molar-refractivity contribution in [1.29, 1.82) is 0 Å². The number of halogens is 1. The van der Waals surface area contributed by atoms with Gasteiger partial charge < -0.3 is 5.11 Å². The summed E-state index contributed by atoms with van der Waals surface area (Å²) >= 11 is 3.25. The molecular weight excluding hydrogens is 236 g/mol. The fourth-order valence-electron chi connectivity index (χ4n) is 0.869. The first-order valence-corrected chi connectivity index (χ1v) is 4.70. The normalized spacial score (nSPS) is 9.62. The Balaban J connectivity index is 2.92. The van der Waals surface area contributed by atoms with E-state index in [1.54, 1.807) is 12.1 Å². The van der Waals surface area contributed by atoms with E-state index in [4.69, 9.17) is 5.11 Å². The van der Waals surface area contributed by atoms with Gasteiger partial charge >= 0.3 is 5.97 Å². The Kier molecular flexibility index (Phi) is 3.19. The molecule has 0 bridgehead atoms. The van der Waals surface area contributed by atoms with Crippen molar-refractivity contribution in [3.63, 3.8) is 0 Å². The number of carbonyl (C=O) groups is 2. The second-order valence-electron chi connectivity index (χ2n) is 2.46. The van der Waals surface area contributed by atoms with Crippen LogP contribution in [0.4, 0.5) is 0 Å². The lowest BCUT2D eigenvalue weighted by Gasteiger charge is -1.97. The maximum Gasteiger partial charge on any atom is 0.377 e. The first-order chi connectivity index (χ1) is 6.15. The third-order valence-electron chi connectivity index (χ3n) is 1.56. The van der Waals surface area contributed by atoms with Crippen LogP contribution in [0.25, 0.3) is 0 Å². The van der Waals surface area contributed by atoms with Crippen LogP contribution in [0.5, 0.6) is 0 Å². The van der Waals surface area contributed by atoms with E-state index in [1.165, 1.54) is 12.1 Å². The smallest absolute Gasteiger partial charge is 0.377 e. The summed E-state index contributed by atoms with van der Waals surface area (Å²) in [6.45, 7) is 0. The molecule has 0 radical (unpaired) electrons. The highest BCUT2D eigenvalue weighted by atomic mass is 79.9. The van der Waals surface area contributed by atoms with Gasteiger partial charge in [-0.25, -0.2) is 4.79 Å². The lowest BCUT2D eigenvalue weighted by atomic mass is 10.1. The molecule has 1 aromatic rings. The topological polar surface area (TPSA) is 54.4 Å². The van der Waals surface area contributed by atoms with Crippen molar-refractivity contribution in [2.75, 3.05) is 0 Å². The Morgan fingerprint density at radius 1 is 1.23 bits per heavy atom. The van der Waals surface area contributed by atoms with E-state index in [-0.39, 0.29) is 5.56 Å². The SMILES string of the molecule is O=C(O)C(=O)c1ccc(CBr)cc1. The summed E-state index contributed by atoms with van der Waals surface area (Å²) in [6.07, 6.45) is 0. The lowest BCUT2D eigenvalue weighted by Crippen LogP contribution is -2.12. The number of carboxylic acids is 1. The molecule has 0 saturated carbocycles. The van der Waals surface area contributed by atoms with Crippen molar-refractivity contribution in [2.24, 2.45) is 0 Å². The summed E-state index contributed by atoms with van der Waals surface area (Å²) in [4.78, 5) is 21.2. The van der Waals surface area contributed by atoms with Crippen LogP contribution in [0.2, 0.25) is 0 Å². The van der Waals surface area contributed by atoms with Crippen LogP contribution in [-0.4, -0.2) is 16.9 Å². The van der Waals surface area contributed by atoms with Gasteiger partial charge in [0.2, 0.25) is 0 Å². The minimum atomic E-state index is -1.42. The largest absolute Gasteiger partial charge is 0.475 e. The molecule has 0 aliphatic heterocycles. The summed E-state index contributed by atoms with van der Waals surface area (Å²) in [6, 6.07) is 6.44. The highest BCUT2D eigenvalue weighted by molar-refractivity contribution is 9.08. The number of benzene rings is 1. The van der Waals surface area contributed by atoms with Crippen molar-refractivity contribution in [1.82, 2.24) is 0 Å². The van der Waals surface area contributed by atoms with Crippen LogP contribution in [-0.2, 0) is 10.1 Å². The quantitative estimate of drug-likeness (QED) is 0.500. The molecule has 13 heavy (non-hydrogen) atoms. The average molecular weight is 243 g/mol. The summed E-state index contributed by atoms with van der Waals surface area (Å²) in [5, 5.41) is 9.09. The van der Waals surface area contributed by atoms with E-state index in [2.05, 4.69) is 15.9 Å². The van der Waals surface area contributed by atoms with Gasteiger partial charge in [-0.1, -0.05) is 40.2 Å². The molecule has 4 heteroatoms. The van der Waals surface area contributed by atoms with E-state index in [0.29, 0.717) is 5.33 Å². The van der Waals surface area contributed by atoms with E-state index in [9.17, 15) is 9.59 Å². The van der Waals surface area contributed by atoms with Gasteiger partial charge in [-0.15, -0.1) is 0 Å². The maximum absolute atomic E-state index is 10.9. The standard InChI is InChI=1S/C9H7BrO3/c10-5-6-1-3-7(4-2-6)8(11)9(12)13/h1-4H,5H2,(H,12,13). The number of rotatable bonds is 3. The molecule has 0 spiro atoms. The van der Waals surface area contributed by atoms with Gasteiger partial charge in [0, 0.05) is 10.9 Å². The van der Waals surface area contributed by atoms with Crippen molar-refractivity contribution in [3.05, 3.63) is 35.4 Å². The minimum absolute atomic E-state index is 0.206. The number of alkyl halides is 1. The van der Waals surface area contributed by atoms with Crippen LogP contribution in [0.1, 0.15) is 15.9 Å². The van der Waals surface area contributed by atoms with Gasteiger partial charge in [0.25, 0.3) is 5.78 Å². The molecule has 1 aromatic carbocycles. The molecule has 1 N–H and O–H groups in total. The van der Waals surface area contributed by atoms with Gasteiger partial charge in [0.1, 0.15) is 0 Å². The molecule has 0 atom stereocenters. The zero-order valence-corrected chi connectivity index (χ0v) is 8.24. The third kappa shape index (κ3) is 2.39. The second kappa shape index (κ2) is 4.18. The van der Waals surface area contributed by atoms with Crippen LogP contribution in [0, 0.1) is 0 Å². The molecule has 0 aromatic heterocycles. The number of Topliss-reactive ketones (excluding diaryl/α,β-unsaturated/α-hetero) is 1. The van der Waals surface area contributed by atoms with Crippen molar-refractivity contribution >= 4 is 27.7 Å². The molecule has 0 unspecified atom stereocenters. The average Bonchev–Trinajstić information content (AvgIpc) is 2.17. The van der Waals surface area contributed by atoms with Crippen LogP contribution >= 0.6 is 15.9 Å². The molecule has 0 fully saturated rings. The van der Waals surface area contributed by atoms with Crippen LogP contribution in [0.3, 0.4) is 0 Å². The van der Waals surface area contributed by atoms with E-state index in [0.717, 1.165) is 5.56 Å². The maximum atomic E-state index is 10.9. The first kappa shape index (κ1) is 9.92. The highest BCUT2D eigenvalue weighted by Gasteiger charge is 2.13. The first-order valence-electron chi connectivity index (χ1n) is 3.57. The zero-order valence-electron chi connectivity index (χ0n) is 6.66. The van der Waals surface area contributed by atoms with Crippen molar-refractivity contribution in [3.8, 4) is 0 Å². The van der Waals surface area contributed by atoms with Gasteiger partial charge in [0.05, 0.1) is 0 Å². The zero-order chi connectivity index (χ0) is 9.84. The van der Waals surface area contributed by atoms with Crippen LogP contribution in [0.15, 0.2) is 24.3 Å². The third-order valence-corrected chi connectivity index (χ3v) is 2.21. The Labute approximate surface area is 83.5 Å². The van der Waals surface area contributed by atoms with Crippen molar-refractivity contribution < 1.29 is 14.7 Å². The van der Waals surface area contributed by atoms with E-state index >= 15 is 0 Å². The molecule has 1 rings (SSSR count). The number of carboxylic acid groups (broad SMARTS) is 1. The number of hydrogen-bond donors (Lipinski definition) is 1. The number of hydrogen-bond acceptors (Lipinski definition) is 2. The van der Waals surface area contributed by atoms with Gasteiger partial charge in [0.15, 0.2) is 0 Å². The number of aliphatic carboxylic acids is 1. The number of ketones is 1. The predicted octanol–water partition coefficient (Wildman–Crippen LogP) is 1.85. The molecule has 0 aliphatic carbocycles. The highest BCUT2D eigenvalue weighted by Crippen LogP contribution is 2.08. The fraction of sp³-hybridized carbons (Fsp3) is 0.111. The molecule has 0 heterocycles. The molecule has 0 saturated heterocycles. The van der Waals surface area contributed by atoms with E-state index in [1.807, 2.05) is 0 Å². The molecule has 3 nitrogen and oxygen atoms in total. The summed E-state index contributed by atoms with van der Waals surface area (Å²) in [7, 11) is 0. The fourth-order valence-corrected chi connectivity index (χ4v) is 1.24. The Morgan fingerprint density at radius 2 is 1.77 bits per heavy atom. The van der Waals surface area contributed by atoms with Gasteiger partial charge in [-0.05, 0) is 5.56 Å². The minimum Gasteiger partial charge on any atom is -0.475 e. The number of carbonyl (C=O) groups excluding carboxylic acids is 1. The molecule has 68 valence electrons. The predicted molar refractivity (Wildman–Crippen MR) is 51.0 cm³/mol. The Hall–Kier alpha value is -1.16. The second-order valence-corrected chi connectivity index (χ2v) is 3.03. The monoisotopic (exact) mass is 242 g/mol.